The second-order valence-corrected chi connectivity index (χ2v) is 6.70. The van der Waals surface area contributed by atoms with E-state index >= 15 is 0 Å². The Morgan fingerprint density at radius 3 is 2.67 bits per heavy atom. The molecule has 0 radical (unpaired) electrons. The van der Waals surface area contributed by atoms with Crippen molar-refractivity contribution in [3.8, 4) is 0 Å². The van der Waals surface area contributed by atoms with Crippen molar-refractivity contribution in [2.24, 2.45) is 5.92 Å². The van der Waals surface area contributed by atoms with E-state index in [2.05, 4.69) is 20.3 Å². The van der Waals surface area contributed by atoms with Gasteiger partial charge in [0, 0.05) is 11.9 Å². The third-order valence-corrected chi connectivity index (χ3v) is 4.65. The first kappa shape index (κ1) is 14.1. The Labute approximate surface area is 127 Å². The fraction of sp³-hybridized carbons (Fsp3) is 0.467. The van der Waals surface area contributed by atoms with E-state index in [-0.39, 0.29) is 11.9 Å². The standard InChI is InChI=1S/C15H18N4OS/c1-8-6-7-16-14(17-8)12(11-4-5-11)19-15(20)13-9(2)18-10(3)21-13/h6-7,11-12H,4-5H2,1-3H3,(H,19,20)/t12-/m1/s1. The first-order chi connectivity index (χ1) is 10.0. The van der Waals surface area contributed by atoms with Gasteiger partial charge in [0.25, 0.3) is 5.91 Å². The molecule has 3 rings (SSSR count). The second-order valence-electron chi connectivity index (χ2n) is 5.49. The minimum atomic E-state index is -0.0980. The van der Waals surface area contributed by atoms with Crippen LogP contribution in [0.15, 0.2) is 12.3 Å². The van der Waals surface area contributed by atoms with Gasteiger partial charge in [-0.15, -0.1) is 11.3 Å². The van der Waals surface area contributed by atoms with Gasteiger partial charge in [-0.25, -0.2) is 15.0 Å². The summed E-state index contributed by atoms with van der Waals surface area (Å²) in [5.74, 6) is 1.09. The van der Waals surface area contributed by atoms with Crippen LogP contribution in [-0.2, 0) is 0 Å². The first-order valence-corrected chi connectivity index (χ1v) is 7.90. The average Bonchev–Trinajstić information content (AvgIpc) is 3.21. The molecule has 5 nitrogen and oxygen atoms in total. The monoisotopic (exact) mass is 302 g/mol. The summed E-state index contributed by atoms with van der Waals surface area (Å²) in [6, 6.07) is 1.77. The Kier molecular flexibility index (Phi) is 3.71. The molecule has 0 bridgehead atoms. The third kappa shape index (κ3) is 3.10. The third-order valence-electron chi connectivity index (χ3n) is 3.58. The Hall–Kier alpha value is -1.82. The van der Waals surface area contributed by atoms with Crippen molar-refractivity contribution >= 4 is 17.2 Å². The summed E-state index contributed by atoms with van der Waals surface area (Å²) in [7, 11) is 0. The zero-order valence-electron chi connectivity index (χ0n) is 12.4. The molecule has 2 aromatic rings. The summed E-state index contributed by atoms with van der Waals surface area (Å²) in [5, 5.41) is 4.01. The lowest BCUT2D eigenvalue weighted by Gasteiger charge is -2.16. The normalized spacial score (nSPS) is 15.8. The van der Waals surface area contributed by atoms with Crippen molar-refractivity contribution in [2.45, 2.75) is 39.7 Å². The van der Waals surface area contributed by atoms with Crippen LogP contribution in [0.5, 0.6) is 0 Å². The molecule has 1 saturated carbocycles. The molecule has 1 amide bonds. The smallest absolute Gasteiger partial charge is 0.263 e. The number of nitrogens with one attached hydrogen (secondary N) is 1. The number of hydrogen-bond acceptors (Lipinski definition) is 5. The molecule has 1 atom stereocenters. The minimum Gasteiger partial charge on any atom is -0.341 e. The molecular weight excluding hydrogens is 284 g/mol. The Morgan fingerprint density at radius 2 is 2.10 bits per heavy atom. The molecule has 0 spiro atoms. The predicted octanol–water partition coefficient (Wildman–Crippen LogP) is 2.74. The molecule has 1 aliphatic carbocycles. The molecule has 1 aliphatic rings. The molecule has 0 aliphatic heterocycles. The van der Waals surface area contributed by atoms with Crippen molar-refractivity contribution in [1.82, 2.24) is 20.3 Å². The van der Waals surface area contributed by atoms with E-state index in [1.807, 2.05) is 26.8 Å². The molecule has 2 heterocycles. The number of carbonyl (C=O) groups excluding carboxylic acids is 1. The highest BCUT2D eigenvalue weighted by Gasteiger charge is 2.36. The van der Waals surface area contributed by atoms with Gasteiger partial charge >= 0.3 is 0 Å². The van der Waals surface area contributed by atoms with Crippen LogP contribution >= 0.6 is 11.3 Å². The first-order valence-electron chi connectivity index (χ1n) is 7.09. The number of rotatable bonds is 4. The van der Waals surface area contributed by atoms with Crippen LogP contribution in [0.1, 0.15) is 50.8 Å². The van der Waals surface area contributed by atoms with E-state index in [9.17, 15) is 4.79 Å². The number of aromatic nitrogens is 3. The predicted molar refractivity (Wildman–Crippen MR) is 81.3 cm³/mol. The molecular formula is C15H18N4OS. The van der Waals surface area contributed by atoms with Crippen LogP contribution in [0, 0.1) is 26.7 Å². The second kappa shape index (κ2) is 5.52. The fourth-order valence-electron chi connectivity index (χ4n) is 2.39. The highest BCUT2D eigenvalue weighted by Crippen LogP contribution is 2.40. The number of carbonyl (C=O) groups is 1. The van der Waals surface area contributed by atoms with Crippen LogP contribution < -0.4 is 5.32 Å². The van der Waals surface area contributed by atoms with Gasteiger partial charge in [-0.2, -0.15) is 0 Å². The number of nitrogens with zero attached hydrogens (tertiary/aromatic N) is 3. The van der Waals surface area contributed by atoms with Crippen LogP contribution in [-0.4, -0.2) is 20.9 Å². The zero-order valence-corrected chi connectivity index (χ0v) is 13.2. The Morgan fingerprint density at radius 1 is 1.33 bits per heavy atom. The highest BCUT2D eigenvalue weighted by molar-refractivity contribution is 7.13. The van der Waals surface area contributed by atoms with E-state index in [1.54, 1.807) is 6.20 Å². The summed E-state index contributed by atoms with van der Waals surface area (Å²) in [6.45, 7) is 5.72. The molecule has 21 heavy (non-hydrogen) atoms. The lowest BCUT2D eigenvalue weighted by molar-refractivity contribution is 0.0933. The van der Waals surface area contributed by atoms with Gasteiger partial charge in [0.05, 0.1) is 16.7 Å². The van der Waals surface area contributed by atoms with E-state index in [4.69, 9.17) is 0 Å². The topological polar surface area (TPSA) is 67.8 Å². The van der Waals surface area contributed by atoms with Crippen molar-refractivity contribution < 1.29 is 4.79 Å². The number of hydrogen-bond donors (Lipinski definition) is 1. The number of amides is 1. The Balaban J connectivity index is 1.83. The van der Waals surface area contributed by atoms with Crippen LogP contribution in [0.2, 0.25) is 0 Å². The maximum absolute atomic E-state index is 12.5. The maximum Gasteiger partial charge on any atom is 0.263 e. The average molecular weight is 302 g/mol. The molecule has 6 heteroatoms. The van der Waals surface area contributed by atoms with Crippen molar-refractivity contribution in [1.29, 1.82) is 0 Å². The van der Waals surface area contributed by atoms with Crippen LogP contribution in [0.4, 0.5) is 0 Å². The van der Waals surface area contributed by atoms with Crippen LogP contribution in [0.25, 0.3) is 0 Å². The van der Waals surface area contributed by atoms with Gasteiger partial charge in [0.15, 0.2) is 5.82 Å². The van der Waals surface area contributed by atoms with Gasteiger partial charge in [-0.1, -0.05) is 0 Å². The maximum atomic E-state index is 12.5. The number of thiazole rings is 1. The van der Waals surface area contributed by atoms with Crippen molar-refractivity contribution in [2.75, 3.05) is 0 Å². The minimum absolute atomic E-state index is 0.0693. The summed E-state index contributed by atoms with van der Waals surface area (Å²) in [6.07, 6.45) is 3.98. The van der Waals surface area contributed by atoms with Gasteiger partial charge < -0.3 is 5.32 Å². The SMILES string of the molecule is Cc1ccnc([C@H](NC(=O)c2sc(C)nc2C)C2CC2)n1. The molecule has 0 unspecified atom stereocenters. The zero-order chi connectivity index (χ0) is 15.0. The summed E-state index contributed by atoms with van der Waals surface area (Å²) >= 11 is 1.43. The molecule has 1 fully saturated rings. The number of aryl methyl sites for hydroxylation is 3. The molecule has 2 aromatic heterocycles. The molecule has 0 aromatic carbocycles. The van der Waals surface area contributed by atoms with Crippen LogP contribution in [0.3, 0.4) is 0 Å². The molecule has 110 valence electrons. The van der Waals surface area contributed by atoms with E-state index in [1.165, 1.54) is 11.3 Å². The lowest BCUT2D eigenvalue weighted by Crippen LogP contribution is -2.31. The van der Waals surface area contributed by atoms with Gasteiger partial charge in [0.1, 0.15) is 4.88 Å². The fourth-order valence-corrected chi connectivity index (χ4v) is 3.21. The van der Waals surface area contributed by atoms with Gasteiger partial charge in [0.2, 0.25) is 0 Å². The largest absolute Gasteiger partial charge is 0.341 e. The van der Waals surface area contributed by atoms with Gasteiger partial charge in [-0.3, -0.25) is 4.79 Å². The highest BCUT2D eigenvalue weighted by atomic mass is 32.1. The quantitative estimate of drug-likeness (QED) is 0.943. The summed E-state index contributed by atoms with van der Waals surface area (Å²) in [5.41, 5.74) is 1.71. The van der Waals surface area contributed by atoms with Crippen molar-refractivity contribution in [3.63, 3.8) is 0 Å². The lowest BCUT2D eigenvalue weighted by atomic mass is 10.1. The van der Waals surface area contributed by atoms with E-state index in [0.29, 0.717) is 16.6 Å². The summed E-state index contributed by atoms with van der Waals surface area (Å²) < 4.78 is 0. The van der Waals surface area contributed by atoms with E-state index < -0.39 is 0 Å². The molecule has 0 saturated heterocycles. The molecule has 1 N–H and O–H groups in total. The Bertz CT molecular complexity index is 678. The summed E-state index contributed by atoms with van der Waals surface area (Å²) in [4.78, 5) is 26.3. The van der Waals surface area contributed by atoms with Gasteiger partial charge in [-0.05, 0) is 45.6 Å². The van der Waals surface area contributed by atoms with E-state index in [0.717, 1.165) is 29.2 Å². The van der Waals surface area contributed by atoms with Crippen molar-refractivity contribution in [3.05, 3.63) is 39.4 Å².